The summed E-state index contributed by atoms with van der Waals surface area (Å²) in [5.41, 5.74) is 6.80. The Balaban J connectivity index is 2.11. The maximum Gasteiger partial charge on any atom is 0.170 e. The maximum atomic E-state index is 13.6. The number of benzene rings is 1. The van der Waals surface area contributed by atoms with Crippen molar-refractivity contribution < 1.29 is 9.60 Å². The Labute approximate surface area is 122 Å². The fourth-order valence-corrected chi connectivity index (χ4v) is 3.63. The van der Waals surface area contributed by atoms with Crippen molar-refractivity contribution >= 4 is 17.6 Å². The van der Waals surface area contributed by atoms with Gasteiger partial charge < -0.3 is 10.9 Å². The molecule has 6 heteroatoms. The molecule has 1 aromatic rings. The van der Waals surface area contributed by atoms with E-state index in [4.69, 9.17) is 10.9 Å². The zero-order valence-electron chi connectivity index (χ0n) is 11.6. The highest BCUT2D eigenvalue weighted by Crippen LogP contribution is 2.22. The monoisotopic (exact) mass is 297 g/mol. The van der Waals surface area contributed by atoms with E-state index in [1.807, 2.05) is 11.8 Å². The number of hydrogen-bond donors (Lipinski definition) is 2. The molecule has 0 aliphatic carbocycles. The third kappa shape index (κ3) is 3.86. The van der Waals surface area contributed by atoms with Crippen LogP contribution in [0.3, 0.4) is 0 Å². The van der Waals surface area contributed by atoms with Crippen LogP contribution in [0.5, 0.6) is 0 Å². The van der Waals surface area contributed by atoms with Gasteiger partial charge >= 0.3 is 0 Å². The lowest BCUT2D eigenvalue weighted by Gasteiger charge is -2.31. The van der Waals surface area contributed by atoms with Gasteiger partial charge in [-0.05, 0) is 30.2 Å². The lowest BCUT2D eigenvalue weighted by Crippen LogP contribution is -2.37. The molecule has 1 aliphatic rings. The fraction of sp³-hybridized carbons (Fsp3) is 0.500. The topological polar surface area (TPSA) is 61.8 Å². The average Bonchev–Trinajstić information content (AvgIpc) is 2.46. The van der Waals surface area contributed by atoms with Gasteiger partial charge in [-0.25, -0.2) is 4.39 Å². The first-order chi connectivity index (χ1) is 9.62. The van der Waals surface area contributed by atoms with Crippen molar-refractivity contribution in [1.82, 2.24) is 4.90 Å². The van der Waals surface area contributed by atoms with Gasteiger partial charge in [0.15, 0.2) is 5.84 Å². The Hall–Kier alpha value is -1.27. The number of thioether (sulfide) groups is 1. The van der Waals surface area contributed by atoms with Crippen molar-refractivity contribution in [2.24, 2.45) is 10.9 Å². The van der Waals surface area contributed by atoms with Crippen LogP contribution in [-0.2, 0) is 6.54 Å². The molecule has 4 nitrogen and oxygen atoms in total. The van der Waals surface area contributed by atoms with E-state index in [1.165, 1.54) is 12.1 Å². The quantitative estimate of drug-likeness (QED) is 0.387. The van der Waals surface area contributed by atoms with Crippen LogP contribution in [0.4, 0.5) is 4.39 Å². The summed E-state index contributed by atoms with van der Waals surface area (Å²) in [4.78, 5) is 2.33. The molecule has 1 heterocycles. The van der Waals surface area contributed by atoms with E-state index in [2.05, 4.69) is 17.0 Å². The smallest absolute Gasteiger partial charge is 0.170 e. The Morgan fingerprint density at radius 2 is 2.35 bits per heavy atom. The molecule has 0 spiro atoms. The Morgan fingerprint density at radius 3 is 3.05 bits per heavy atom. The number of rotatable bonds is 4. The van der Waals surface area contributed by atoms with E-state index in [0.717, 1.165) is 30.8 Å². The standard InChI is InChI=1S/C14H20FN3OS/c1-2-13-9-18(3-4-20-13)8-10-5-11(14(16)17-19)7-12(15)6-10/h5-7,13,19H,2-4,8-9H2,1H3,(H2,16,17). The van der Waals surface area contributed by atoms with E-state index in [1.54, 1.807) is 6.07 Å². The summed E-state index contributed by atoms with van der Waals surface area (Å²) in [7, 11) is 0. The molecule has 0 amide bonds. The number of nitrogens with two attached hydrogens (primary N) is 1. The minimum absolute atomic E-state index is 0.0635. The van der Waals surface area contributed by atoms with Crippen LogP contribution >= 0.6 is 11.8 Å². The number of hydrogen-bond acceptors (Lipinski definition) is 4. The lowest BCUT2D eigenvalue weighted by atomic mass is 10.1. The molecular formula is C14H20FN3OS. The molecular weight excluding hydrogens is 277 g/mol. The van der Waals surface area contributed by atoms with Gasteiger partial charge in [0, 0.05) is 36.2 Å². The van der Waals surface area contributed by atoms with Crippen molar-refractivity contribution in [1.29, 1.82) is 0 Å². The second-order valence-corrected chi connectivity index (χ2v) is 6.38. The molecule has 1 aliphatic heterocycles. The Morgan fingerprint density at radius 1 is 1.55 bits per heavy atom. The minimum atomic E-state index is -0.359. The van der Waals surface area contributed by atoms with Crippen LogP contribution in [-0.4, -0.2) is 40.0 Å². The number of nitrogens with zero attached hydrogens (tertiary/aromatic N) is 2. The van der Waals surface area contributed by atoms with Gasteiger partial charge in [-0.1, -0.05) is 12.1 Å². The lowest BCUT2D eigenvalue weighted by molar-refractivity contribution is 0.273. The van der Waals surface area contributed by atoms with E-state index < -0.39 is 0 Å². The Bertz CT molecular complexity index is 495. The summed E-state index contributed by atoms with van der Waals surface area (Å²) in [5, 5.41) is 12.3. The van der Waals surface area contributed by atoms with Gasteiger partial charge in [-0.2, -0.15) is 11.8 Å². The Kier molecular flexibility index (Phi) is 5.25. The van der Waals surface area contributed by atoms with Crippen molar-refractivity contribution in [3.05, 3.63) is 35.1 Å². The van der Waals surface area contributed by atoms with Gasteiger partial charge in [0.05, 0.1) is 0 Å². The largest absolute Gasteiger partial charge is 0.409 e. The van der Waals surface area contributed by atoms with E-state index in [-0.39, 0.29) is 11.7 Å². The first kappa shape index (κ1) is 15.1. The van der Waals surface area contributed by atoms with Crippen LogP contribution in [0.15, 0.2) is 23.4 Å². The molecule has 0 radical (unpaired) electrons. The minimum Gasteiger partial charge on any atom is -0.409 e. The predicted octanol–water partition coefficient (Wildman–Crippen LogP) is 2.25. The summed E-state index contributed by atoms with van der Waals surface area (Å²) in [6.45, 7) is 4.92. The molecule has 20 heavy (non-hydrogen) atoms. The molecule has 1 unspecified atom stereocenters. The average molecular weight is 297 g/mol. The zero-order valence-corrected chi connectivity index (χ0v) is 12.4. The van der Waals surface area contributed by atoms with Crippen LogP contribution in [0.2, 0.25) is 0 Å². The highest BCUT2D eigenvalue weighted by atomic mass is 32.2. The first-order valence-corrected chi connectivity index (χ1v) is 7.78. The van der Waals surface area contributed by atoms with Crippen LogP contribution < -0.4 is 5.73 Å². The third-order valence-corrected chi connectivity index (χ3v) is 4.82. The number of halogens is 1. The van der Waals surface area contributed by atoms with Gasteiger partial charge in [0.25, 0.3) is 0 Å². The summed E-state index contributed by atoms with van der Waals surface area (Å²) < 4.78 is 13.6. The van der Waals surface area contributed by atoms with E-state index in [9.17, 15) is 4.39 Å². The predicted molar refractivity (Wildman–Crippen MR) is 80.7 cm³/mol. The maximum absolute atomic E-state index is 13.6. The molecule has 2 rings (SSSR count). The molecule has 110 valence electrons. The summed E-state index contributed by atoms with van der Waals surface area (Å²) in [6.07, 6.45) is 1.15. The van der Waals surface area contributed by atoms with Crippen molar-refractivity contribution in [2.45, 2.75) is 25.1 Å². The normalized spacial score (nSPS) is 21.1. The molecule has 0 saturated carbocycles. The van der Waals surface area contributed by atoms with Crippen molar-refractivity contribution in [2.75, 3.05) is 18.8 Å². The molecule has 0 aromatic heterocycles. The molecule has 1 saturated heterocycles. The highest BCUT2D eigenvalue weighted by molar-refractivity contribution is 8.00. The van der Waals surface area contributed by atoms with Gasteiger partial charge in [-0.15, -0.1) is 0 Å². The molecule has 1 atom stereocenters. The van der Waals surface area contributed by atoms with E-state index in [0.29, 0.717) is 17.4 Å². The van der Waals surface area contributed by atoms with Crippen LogP contribution in [0, 0.1) is 5.82 Å². The second-order valence-electron chi connectivity index (χ2n) is 4.97. The summed E-state index contributed by atoms with van der Waals surface area (Å²) in [5.74, 6) is 0.690. The second kappa shape index (κ2) is 6.95. The van der Waals surface area contributed by atoms with Crippen molar-refractivity contribution in [3.8, 4) is 0 Å². The number of oxime groups is 1. The van der Waals surface area contributed by atoms with Gasteiger partial charge in [0.2, 0.25) is 0 Å². The third-order valence-electron chi connectivity index (χ3n) is 3.45. The zero-order chi connectivity index (χ0) is 14.5. The summed E-state index contributed by atoms with van der Waals surface area (Å²) in [6, 6.07) is 4.57. The fourth-order valence-electron chi connectivity index (χ4n) is 2.38. The summed E-state index contributed by atoms with van der Waals surface area (Å²) >= 11 is 2.00. The van der Waals surface area contributed by atoms with Crippen molar-refractivity contribution in [3.63, 3.8) is 0 Å². The molecule has 3 N–H and O–H groups in total. The molecule has 0 bridgehead atoms. The SMILES string of the molecule is CCC1CN(Cc2cc(F)cc(/C(N)=N/O)c2)CCS1. The van der Waals surface area contributed by atoms with Gasteiger partial charge in [-0.3, -0.25) is 4.90 Å². The van der Waals surface area contributed by atoms with Crippen LogP contribution in [0.25, 0.3) is 0 Å². The number of amidine groups is 1. The molecule has 1 aromatic carbocycles. The van der Waals surface area contributed by atoms with E-state index >= 15 is 0 Å². The molecule has 1 fully saturated rings. The first-order valence-electron chi connectivity index (χ1n) is 6.73. The van der Waals surface area contributed by atoms with Gasteiger partial charge in [0.1, 0.15) is 5.82 Å². The van der Waals surface area contributed by atoms with Crippen LogP contribution in [0.1, 0.15) is 24.5 Å². The highest BCUT2D eigenvalue weighted by Gasteiger charge is 2.19.